The lowest BCUT2D eigenvalue weighted by molar-refractivity contribution is 0.393. The van der Waals surface area contributed by atoms with Crippen LogP contribution >= 0.6 is 0 Å². The molecule has 0 atom stereocenters. The van der Waals surface area contributed by atoms with Crippen LogP contribution in [0.25, 0.3) is 0 Å². The van der Waals surface area contributed by atoms with E-state index in [1.54, 1.807) is 0 Å². The van der Waals surface area contributed by atoms with E-state index >= 15 is 0 Å². The first-order valence-corrected chi connectivity index (χ1v) is 5.53. The van der Waals surface area contributed by atoms with E-state index in [1.165, 1.54) is 30.8 Å². The fourth-order valence-corrected chi connectivity index (χ4v) is 1.99. The fraction of sp³-hybridized carbons (Fsp3) is 0.727. The van der Waals surface area contributed by atoms with Crippen LogP contribution in [0.3, 0.4) is 0 Å². The lowest BCUT2D eigenvalue weighted by Crippen LogP contribution is -2.13. The minimum atomic E-state index is 0.728. The summed E-state index contributed by atoms with van der Waals surface area (Å²) in [5.41, 5.74) is 6.69. The van der Waals surface area contributed by atoms with Gasteiger partial charge in [-0.15, -0.1) is 0 Å². The highest BCUT2D eigenvalue weighted by atomic mass is 15.1. The Morgan fingerprint density at radius 2 is 2.36 bits per heavy atom. The van der Waals surface area contributed by atoms with Gasteiger partial charge in [0.05, 0.1) is 5.69 Å². The lowest BCUT2D eigenvalue weighted by atomic mass is 9.85. The van der Waals surface area contributed by atoms with Gasteiger partial charge in [0.15, 0.2) is 0 Å². The van der Waals surface area contributed by atoms with Gasteiger partial charge in [-0.3, -0.25) is 0 Å². The Labute approximate surface area is 85.3 Å². The van der Waals surface area contributed by atoms with Crippen LogP contribution in [-0.2, 0) is 13.5 Å². The Morgan fingerprint density at radius 3 is 2.93 bits per heavy atom. The zero-order chi connectivity index (χ0) is 9.97. The maximum Gasteiger partial charge on any atom is 0.111 e. The maximum absolute atomic E-state index is 5.48. The fourth-order valence-electron chi connectivity index (χ4n) is 1.99. The lowest BCUT2D eigenvalue weighted by Gasteiger charge is -2.24. The SMILES string of the molecule is Cn1cc(CCCN)nc1C1CCC1. The summed E-state index contributed by atoms with van der Waals surface area (Å²) in [6.45, 7) is 0.759. The van der Waals surface area contributed by atoms with Crippen molar-refractivity contribution in [2.45, 2.75) is 38.0 Å². The van der Waals surface area contributed by atoms with Gasteiger partial charge in [0.1, 0.15) is 5.82 Å². The van der Waals surface area contributed by atoms with Gasteiger partial charge in [-0.05, 0) is 32.2 Å². The number of hydrogen-bond donors (Lipinski definition) is 1. The molecule has 14 heavy (non-hydrogen) atoms. The van der Waals surface area contributed by atoms with Crippen LogP contribution in [0.15, 0.2) is 6.20 Å². The van der Waals surface area contributed by atoms with Crippen molar-refractivity contribution in [1.29, 1.82) is 0 Å². The first-order valence-electron chi connectivity index (χ1n) is 5.53. The number of nitrogens with zero attached hydrogens (tertiary/aromatic N) is 2. The molecule has 0 unspecified atom stereocenters. The van der Waals surface area contributed by atoms with E-state index in [4.69, 9.17) is 5.73 Å². The second-order valence-electron chi connectivity index (χ2n) is 4.22. The van der Waals surface area contributed by atoms with Gasteiger partial charge in [0.25, 0.3) is 0 Å². The van der Waals surface area contributed by atoms with Crippen LogP contribution in [0.1, 0.15) is 43.1 Å². The van der Waals surface area contributed by atoms with Crippen LogP contribution < -0.4 is 5.73 Å². The molecule has 1 aromatic heterocycles. The third kappa shape index (κ3) is 1.82. The zero-order valence-corrected chi connectivity index (χ0v) is 8.87. The molecule has 1 aliphatic carbocycles. The molecule has 1 saturated carbocycles. The number of nitrogens with two attached hydrogens (primary N) is 1. The molecule has 0 amide bonds. The molecule has 78 valence electrons. The molecule has 2 N–H and O–H groups in total. The number of imidazole rings is 1. The Hall–Kier alpha value is -0.830. The van der Waals surface area contributed by atoms with E-state index in [2.05, 4.69) is 22.8 Å². The van der Waals surface area contributed by atoms with E-state index in [9.17, 15) is 0 Å². The first kappa shape index (κ1) is 9.71. The highest BCUT2D eigenvalue weighted by Gasteiger charge is 2.23. The molecule has 1 aromatic rings. The summed E-state index contributed by atoms with van der Waals surface area (Å²) < 4.78 is 2.19. The molecule has 0 aromatic carbocycles. The maximum atomic E-state index is 5.48. The third-order valence-electron chi connectivity index (χ3n) is 3.07. The Balaban J connectivity index is 2.04. The monoisotopic (exact) mass is 193 g/mol. The van der Waals surface area contributed by atoms with Crippen molar-refractivity contribution in [3.63, 3.8) is 0 Å². The molecule has 0 radical (unpaired) electrons. The van der Waals surface area contributed by atoms with Gasteiger partial charge in [-0.2, -0.15) is 0 Å². The first-order chi connectivity index (χ1) is 6.81. The van der Waals surface area contributed by atoms with Gasteiger partial charge >= 0.3 is 0 Å². The van der Waals surface area contributed by atoms with Crippen LogP contribution in [0.2, 0.25) is 0 Å². The molecule has 3 heteroatoms. The Kier molecular flexibility index (Phi) is 2.87. The molecule has 0 aliphatic heterocycles. The minimum Gasteiger partial charge on any atom is -0.337 e. The number of rotatable bonds is 4. The molecule has 1 heterocycles. The van der Waals surface area contributed by atoms with Crippen molar-refractivity contribution >= 4 is 0 Å². The molecular formula is C11H19N3. The molecule has 1 aliphatic rings. The summed E-state index contributed by atoms with van der Waals surface area (Å²) in [4.78, 5) is 4.68. The van der Waals surface area contributed by atoms with Crippen molar-refractivity contribution in [3.8, 4) is 0 Å². The summed E-state index contributed by atoms with van der Waals surface area (Å²) in [5.74, 6) is 2.01. The van der Waals surface area contributed by atoms with Crippen LogP contribution in [-0.4, -0.2) is 16.1 Å². The molecule has 3 nitrogen and oxygen atoms in total. The van der Waals surface area contributed by atoms with Gasteiger partial charge < -0.3 is 10.3 Å². The summed E-state index contributed by atoms with van der Waals surface area (Å²) in [6, 6.07) is 0. The Bertz CT molecular complexity index is 299. The molecule has 0 bridgehead atoms. The van der Waals surface area contributed by atoms with Crippen molar-refractivity contribution in [1.82, 2.24) is 9.55 Å². The smallest absolute Gasteiger partial charge is 0.111 e. The van der Waals surface area contributed by atoms with Crippen molar-refractivity contribution < 1.29 is 0 Å². The van der Waals surface area contributed by atoms with Gasteiger partial charge in [-0.25, -0.2) is 4.98 Å². The summed E-state index contributed by atoms with van der Waals surface area (Å²) >= 11 is 0. The molecule has 0 spiro atoms. The van der Waals surface area contributed by atoms with Crippen molar-refractivity contribution in [3.05, 3.63) is 17.7 Å². The summed E-state index contributed by atoms with van der Waals surface area (Å²) in [5, 5.41) is 0. The average molecular weight is 193 g/mol. The topological polar surface area (TPSA) is 43.8 Å². The summed E-state index contributed by atoms with van der Waals surface area (Å²) in [7, 11) is 2.10. The minimum absolute atomic E-state index is 0.728. The van der Waals surface area contributed by atoms with Crippen molar-refractivity contribution in [2.24, 2.45) is 12.8 Å². The van der Waals surface area contributed by atoms with E-state index in [0.29, 0.717) is 0 Å². The Morgan fingerprint density at radius 1 is 1.57 bits per heavy atom. The molecular weight excluding hydrogens is 174 g/mol. The predicted octanol–water partition coefficient (Wildman–Crippen LogP) is 1.58. The highest BCUT2D eigenvalue weighted by molar-refractivity contribution is 5.10. The molecule has 1 fully saturated rings. The van der Waals surface area contributed by atoms with E-state index in [-0.39, 0.29) is 0 Å². The molecule has 2 rings (SSSR count). The second kappa shape index (κ2) is 4.13. The quantitative estimate of drug-likeness (QED) is 0.789. The number of aryl methyl sites for hydroxylation is 2. The summed E-state index contributed by atoms with van der Waals surface area (Å²) in [6.07, 6.45) is 8.24. The van der Waals surface area contributed by atoms with Crippen LogP contribution in [0, 0.1) is 0 Å². The normalized spacial score (nSPS) is 17.0. The number of hydrogen-bond acceptors (Lipinski definition) is 2. The van der Waals surface area contributed by atoms with E-state index in [1.807, 2.05) is 0 Å². The largest absolute Gasteiger partial charge is 0.337 e. The van der Waals surface area contributed by atoms with Crippen molar-refractivity contribution in [2.75, 3.05) is 6.54 Å². The predicted molar refractivity (Wildman–Crippen MR) is 57.2 cm³/mol. The van der Waals surface area contributed by atoms with Gasteiger partial charge in [0.2, 0.25) is 0 Å². The van der Waals surface area contributed by atoms with Gasteiger partial charge in [-0.1, -0.05) is 6.42 Å². The second-order valence-corrected chi connectivity index (χ2v) is 4.22. The average Bonchev–Trinajstić information content (AvgIpc) is 2.42. The third-order valence-corrected chi connectivity index (χ3v) is 3.07. The van der Waals surface area contributed by atoms with E-state index < -0.39 is 0 Å². The zero-order valence-electron chi connectivity index (χ0n) is 8.87. The molecule has 0 saturated heterocycles. The van der Waals surface area contributed by atoms with Crippen LogP contribution in [0.4, 0.5) is 0 Å². The standard InChI is InChI=1S/C11H19N3/c1-14-8-10(6-3-7-12)13-11(14)9-4-2-5-9/h8-9H,2-7,12H2,1H3. The highest BCUT2D eigenvalue weighted by Crippen LogP contribution is 2.35. The number of aromatic nitrogens is 2. The van der Waals surface area contributed by atoms with E-state index in [0.717, 1.165) is 25.3 Å². The van der Waals surface area contributed by atoms with Crippen LogP contribution in [0.5, 0.6) is 0 Å². The van der Waals surface area contributed by atoms with Gasteiger partial charge in [0, 0.05) is 19.2 Å².